The minimum absolute atomic E-state index is 0.232. The number of rotatable bonds is 4. The maximum absolute atomic E-state index is 11.4. The molecule has 0 aliphatic heterocycles. The molecule has 2 rings (SSSR count). The van der Waals surface area contributed by atoms with Crippen LogP contribution in [0.15, 0.2) is 48.6 Å². The van der Waals surface area contributed by atoms with Gasteiger partial charge in [0.2, 0.25) is 0 Å². The molecule has 0 amide bonds. The zero-order valence-electron chi connectivity index (χ0n) is 10.1. The number of nitrogens with zero attached hydrogens (tertiary/aromatic N) is 1. The average Bonchev–Trinajstić information content (AvgIpc) is 2.41. The summed E-state index contributed by atoms with van der Waals surface area (Å²) in [5, 5.41) is 11.4. The maximum atomic E-state index is 11.4. The molecule has 0 radical (unpaired) electrons. The molecule has 0 aromatic rings. The van der Waals surface area contributed by atoms with E-state index in [1.807, 2.05) is 36.5 Å². The summed E-state index contributed by atoms with van der Waals surface area (Å²) in [6.45, 7) is 0. The Kier molecular flexibility index (Phi) is 3.73. The fourth-order valence-corrected chi connectivity index (χ4v) is 3.40. The number of allylic oxidation sites excluding steroid dienone is 4. The molecular weight excluding hydrogens is 250 g/mol. The maximum Gasteiger partial charge on any atom is 0.292 e. The van der Waals surface area contributed by atoms with Gasteiger partial charge in [0.25, 0.3) is 4.87 Å². The highest BCUT2D eigenvalue weighted by atomic mass is 32.2. The van der Waals surface area contributed by atoms with Crippen molar-refractivity contribution >= 4 is 11.8 Å². The van der Waals surface area contributed by atoms with Gasteiger partial charge in [-0.3, -0.25) is 10.1 Å². The predicted octanol–water partition coefficient (Wildman–Crippen LogP) is 3.07. The lowest BCUT2D eigenvalue weighted by atomic mass is 10.1. The number of thioether (sulfide) groups is 1. The van der Waals surface area contributed by atoms with Gasteiger partial charge in [0.15, 0.2) is 0 Å². The van der Waals surface area contributed by atoms with Gasteiger partial charge in [-0.05, 0) is 17.8 Å². The normalized spacial score (nSPS) is 33.8. The van der Waals surface area contributed by atoms with E-state index in [2.05, 4.69) is 0 Å². The Balaban J connectivity index is 2.26. The molecule has 0 saturated heterocycles. The highest BCUT2D eigenvalue weighted by molar-refractivity contribution is 8.02. The minimum atomic E-state index is -1.14. The molecule has 0 heterocycles. The fraction of sp³-hybridized carbons (Fsp3) is 0.385. The lowest BCUT2D eigenvalue weighted by molar-refractivity contribution is -0.524. The smallest absolute Gasteiger partial charge is 0.292 e. The summed E-state index contributed by atoms with van der Waals surface area (Å²) in [6.07, 6.45) is 15.7. The summed E-state index contributed by atoms with van der Waals surface area (Å²) in [5.41, 5.74) is 0. The van der Waals surface area contributed by atoms with E-state index in [1.54, 1.807) is 19.3 Å². The molecule has 2 aliphatic carbocycles. The fourth-order valence-electron chi connectivity index (χ4n) is 1.99. The molecule has 2 aliphatic rings. The van der Waals surface area contributed by atoms with E-state index in [9.17, 15) is 10.1 Å². The third-order valence-electron chi connectivity index (χ3n) is 3.02. The highest BCUT2D eigenvalue weighted by Gasteiger charge is 2.48. The number of nitro groups is 1. The minimum Gasteiger partial charge on any atom is -0.363 e. The van der Waals surface area contributed by atoms with Crippen LogP contribution in [0.3, 0.4) is 0 Å². The standard InChI is InChI=1S/C13H15NO3S/c1-17-13(10-6-3-7-11-13)18-12(14(15)16)8-4-2-5-9-12/h2-8,10H,9,11H2,1H3. The van der Waals surface area contributed by atoms with Gasteiger partial charge >= 0.3 is 0 Å². The van der Waals surface area contributed by atoms with Crippen molar-refractivity contribution in [2.45, 2.75) is 22.6 Å². The van der Waals surface area contributed by atoms with E-state index in [0.29, 0.717) is 12.8 Å². The van der Waals surface area contributed by atoms with Crippen molar-refractivity contribution in [3.05, 3.63) is 58.7 Å². The van der Waals surface area contributed by atoms with Crippen molar-refractivity contribution in [1.82, 2.24) is 0 Å². The van der Waals surface area contributed by atoms with Crippen molar-refractivity contribution in [2.24, 2.45) is 0 Å². The molecule has 0 N–H and O–H groups in total. The van der Waals surface area contributed by atoms with Crippen LogP contribution in [-0.4, -0.2) is 21.8 Å². The van der Waals surface area contributed by atoms with E-state index in [1.165, 1.54) is 11.8 Å². The van der Waals surface area contributed by atoms with E-state index in [0.717, 1.165) is 0 Å². The van der Waals surface area contributed by atoms with Crippen LogP contribution in [-0.2, 0) is 4.74 Å². The van der Waals surface area contributed by atoms with Crippen LogP contribution in [0.4, 0.5) is 0 Å². The first kappa shape index (κ1) is 13.1. The largest absolute Gasteiger partial charge is 0.363 e. The second-order valence-corrected chi connectivity index (χ2v) is 5.80. The quantitative estimate of drug-likeness (QED) is 0.445. The molecule has 0 spiro atoms. The average molecular weight is 265 g/mol. The molecule has 0 fully saturated rings. The number of ether oxygens (including phenoxy) is 1. The summed E-state index contributed by atoms with van der Waals surface area (Å²) in [5.74, 6) is 0. The van der Waals surface area contributed by atoms with E-state index in [-0.39, 0.29) is 4.92 Å². The molecular formula is C13H15NO3S. The molecule has 2 unspecified atom stereocenters. The van der Waals surface area contributed by atoms with Gasteiger partial charge in [0.05, 0.1) is 6.42 Å². The summed E-state index contributed by atoms with van der Waals surface area (Å²) in [6, 6.07) is 0. The lowest BCUT2D eigenvalue weighted by Crippen LogP contribution is -2.40. The van der Waals surface area contributed by atoms with Gasteiger partial charge in [-0.25, -0.2) is 0 Å². The van der Waals surface area contributed by atoms with Gasteiger partial charge in [-0.15, -0.1) is 0 Å². The van der Waals surface area contributed by atoms with Gasteiger partial charge < -0.3 is 4.74 Å². The van der Waals surface area contributed by atoms with E-state index in [4.69, 9.17) is 4.74 Å². The summed E-state index contributed by atoms with van der Waals surface area (Å²) >= 11 is 1.25. The SMILES string of the molecule is COC1(SC2([N+](=O)[O-])C=CC=CC2)C=CC=CC1. The molecule has 18 heavy (non-hydrogen) atoms. The monoisotopic (exact) mass is 265 g/mol. The second-order valence-electron chi connectivity index (χ2n) is 4.20. The van der Waals surface area contributed by atoms with Crippen LogP contribution in [0.2, 0.25) is 0 Å². The number of hydrogen-bond donors (Lipinski definition) is 0. The zero-order chi connectivity index (χ0) is 13.1. The molecule has 96 valence electrons. The number of methoxy groups -OCH3 is 1. The van der Waals surface area contributed by atoms with Crippen LogP contribution in [0, 0.1) is 10.1 Å². The van der Waals surface area contributed by atoms with E-state index >= 15 is 0 Å². The van der Waals surface area contributed by atoms with Crippen molar-refractivity contribution in [3.8, 4) is 0 Å². The third-order valence-corrected chi connectivity index (χ3v) is 4.64. The zero-order valence-corrected chi connectivity index (χ0v) is 10.9. The molecule has 0 aromatic heterocycles. The first-order chi connectivity index (χ1) is 8.63. The molecule has 0 saturated carbocycles. The third kappa shape index (κ3) is 2.42. The Bertz CT molecular complexity index is 455. The molecule has 4 nitrogen and oxygen atoms in total. The molecule has 0 aromatic carbocycles. The first-order valence-corrected chi connectivity index (χ1v) is 6.53. The van der Waals surface area contributed by atoms with Crippen LogP contribution in [0.5, 0.6) is 0 Å². The molecule has 5 heteroatoms. The Morgan fingerprint density at radius 1 is 1.17 bits per heavy atom. The lowest BCUT2D eigenvalue weighted by Gasteiger charge is -2.34. The summed E-state index contributed by atoms with van der Waals surface area (Å²) < 4.78 is 5.52. The van der Waals surface area contributed by atoms with Crippen molar-refractivity contribution < 1.29 is 9.66 Å². The highest BCUT2D eigenvalue weighted by Crippen LogP contribution is 2.46. The predicted molar refractivity (Wildman–Crippen MR) is 72.9 cm³/mol. The molecule has 0 bridgehead atoms. The summed E-state index contributed by atoms with van der Waals surface area (Å²) in [4.78, 5) is 9.38. The van der Waals surface area contributed by atoms with Gasteiger partial charge in [-0.1, -0.05) is 36.5 Å². The molecule has 2 atom stereocenters. The van der Waals surface area contributed by atoms with E-state index < -0.39 is 9.80 Å². The second kappa shape index (κ2) is 5.12. The summed E-state index contributed by atoms with van der Waals surface area (Å²) in [7, 11) is 1.59. The Morgan fingerprint density at radius 2 is 1.83 bits per heavy atom. The first-order valence-electron chi connectivity index (χ1n) is 5.71. The Morgan fingerprint density at radius 3 is 2.28 bits per heavy atom. The Hall–Kier alpha value is -1.33. The van der Waals surface area contributed by atoms with Gasteiger partial charge in [0.1, 0.15) is 4.93 Å². The van der Waals surface area contributed by atoms with Crippen LogP contribution in [0.1, 0.15) is 12.8 Å². The number of hydrogen-bond acceptors (Lipinski definition) is 4. The van der Waals surface area contributed by atoms with Crippen molar-refractivity contribution in [3.63, 3.8) is 0 Å². The Labute approximate surface area is 110 Å². The van der Waals surface area contributed by atoms with Gasteiger partial charge in [-0.2, -0.15) is 0 Å². The van der Waals surface area contributed by atoms with Crippen molar-refractivity contribution in [1.29, 1.82) is 0 Å². The topological polar surface area (TPSA) is 52.4 Å². The van der Waals surface area contributed by atoms with Crippen molar-refractivity contribution in [2.75, 3.05) is 7.11 Å². The van der Waals surface area contributed by atoms with Crippen LogP contribution in [0.25, 0.3) is 0 Å². The van der Waals surface area contributed by atoms with Crippen LogP contribution >= 0.6 is 11.8 Å². The van der Waals surface area contributed by atoms with Gasteiger partial charge in [0, 0.05) is 24.5 Å². The van der Waals surface area contributed by atoms with Crippen LogP contribution < -0.4 is 0 Å².